The minimum absolute atomic E-state index is 0.0106. The molecule has 184 valence electrons. The van der Waals surface area contributed by atoms with Crippen LogP contribution in [0.25, 0.3) is 12.2 Å². The fourth-order valence-electron chi connectivity index (χ4n) is 4.49. The lowest BCUT2D eigenvalue weighted by Gasteiger charge is -2.32. The van der Waals surface area contributed by atoms with E-state index in [1.807, 2.05) is 33.5 Å². The molecule has 5 rings (SSSR count). The third-order valence-electron chi connectivity index (χ3n) is 6.57. The number of morpholine rings is 1. The van der Waals surface area contributed by atoms with Gasteiger partial charge < -0.3 is 14.5 Å². The number of urea groups is 1. The maximum Gasteiger partial charge on any atom is 0.323 e. The zero-order valence-corrected chi connectivity index (χ0v) is 20.5. The van der Waals surface area contributed by atoms with E-state index >= 15 is 0 Å². The molecule has 2 saturated heterocycles. The molecule has 0 radical (unpaired) electrons. The van der Waals surface area contributed by atoms with Gasteiger partial charge in [0.05, 0.1) is 19.8 Å². The van der Waals surface area contributed by atoms with Gasteiger partial charge in [-0.25, -0.2) is 14.8 Å². The summed E-state index contributed by atoms with van der Waals surface area (Å²) in [4.78, 5) is 39.9. The highest BCUT2D eigenvalue weighted by Crippen LogP contribution is 2.23. The molecule has 3 aliphatic rings. The van der Waals surface area contributed by atoms with E-state index in [4.69, 9.17) is 4.74 Å². The summed E-state index contributed by atoms with van der Waals surface area (Å²) in [7, 11) is 0. The average molecular weight is 495 g/mol. The van der Waals surface area contributed by atoms with E-state index in [0.717, 1.165) is 61.8 Å². The lowest BCUT2D eigenvalue weighted by atomic mass is 10.0. The standard InChI is InChI=1S/C25H30N6O3S/c32-23(30-6-3-19(4-7-30)16-22-26-5-14-35-22)2-1-20-15-21-18-31(25(33)28-24(21)27-17-20)9-8-29-10-12-34-13-11-29/h1-2,5,14-17H,3-4,6-13,18H2,(H,27,28,33). The molecule has 0 bridgehead atoms. The zero-order valence-electron chi connectivity index (χ0n) is 19.7. The molecule has 10 heteroatoms. The van der Waals surface area contributed by atoms with Crippen molar-refractivity contribution in [2.75, 3.05) is 57.8 Å². The Hall–Kier alpha value is -3.08. The van der Waals surface area contributed by atoms with Gasteiger partial charge in [0.15, 0.2) is 0 Å². The van der Waals surface area contributed by atoms with Crippen LogP contribution in [-0.2, 0) is 16.1 Å². The van der Waals surface area contributed by atoms with Crippen molar-refractivity contribution in [2.24, 2.45) is 0 Å². The van der Waals surface area contributed by atoms with Crippen molar-refractivity contribution in [3.63, 3.8) is 0 Å². The normalized spacial score (nSPS) is 19.1. The van der Waals surface area contributed by atoms with E-state index in [9.17, 15) is 9.59 Å². The highest BCUT2D eigenvalue weighted by molar-refractivity contribution is 7.10. The Kier molecular flexibility index (Phi) is 7.51. The molecule has 2 fully saturated rings. The molecular weight excluding hydrogens is 464 g/mol. The second-order valence-corrected chi connectivity index (χ2v) is 9.84. The van der Waals surface area contributed by atoms with E-state index in [1.54, 1.807) is 23.6 Å². The number of pyridine rings is 1. The Morgan fingerprint density at radius 3 is 2.74 bits per heavy atom. The summed E-state index contributed by atoms with van der Waals surface area (Å²) < 4.78 is 5.39. The zero-order chi connectivity index (χ0) is 24.0. The Labute approximate surface area is 209 Å². The molecular formula is C25H30N6O3S. The summed E-state index contributed by atoms with van der Waals surface area (Å²) in [5.74, 6) is 0.605. The van der Waals surface area contributed by atoms with Gasteiger partial charge in [-0.05, 0) is 36.6 Å². The lowest BCUT2D eigenvalue weighted by Crippen LogP contribution is -2.45. The molecule has 0 aliphatic carbocycles. The van der Waals surface area contributed by atoms with Gasteiger partial charge in [0, 0.05) is 68.7 Å². The second-order valence-electron chi connectivity index (χ2n) is 8.91. The summed E-state index contributed by atoms with van der Waals surface area (Å²) >= 11 is 1.63. The Balaban J connectivity index is 1.15. The molecule has 0 aromatic carbocycles. The third kappa shape index (κ3) is 6.14. The number of hydrogen-bond acceptors (Lipinski definition) is 7. The van der Waals surface area contributed by atoms with Gasteiger partial charge >= 0.3 is 6.03 Å². The SMILES string of the molecule is O=C(C=Cc1cnc2c(c1)CN(CCN1CCOCC1)C(=O)N2)N1CCC(=Cc2nccs2)CC1. The van der Waals surface area contributed by atoms with Gasteiger partial charge in [-0.15, -0.1) is 11.3 Å². The van der Waals surface area contributed by atoms with Crippen LogP contribution in [0.1, 0.15) is 29.0 Å². The minimum Gasteiger partial charge on any atom is -0.379 e. The molecule has 2 aromatic heterocycles. The predicted octanol–water partition coefficient (Wildman–Crippen LogP) is 2.94. The molecule has 35 heavy (non-hydrogen) atoms. The summed E-state index contributed by atoms with van der Waals surface area (Å²) in [6, 6.07) is 1.88. The van der Waals surface area contributed by atoms with Crippen LogP contribution >= 0.6 is 11.3 Å². The average Bonchev–Trinajstić information content (AvgIpc) is 3.40. The third-order valence-corrected chi connectivity index (χ3v) is 7.29. The number of fused-ring (bicyclic) bond motifs is 1. The van der Waals surface area contributed by atoms with Gasteiger partial charge in [-0.1, -0.05) is 5.57 Å². The Bertz CT molecular complexity index is 1100. The number of nitrogens with one attached hydrogen (secondary N) is 1. The van der Waals surface area contributed by atoms with Crippen LogP contribution in [0.5, 0.6) is 0 Å². The fourth-order valence-corrected chi connectivity index (χ4v) is 5.11. The Morgan fingerprint density at radius 2 is 1.97 bits per heavy atom. The number of amides is 3. The monoisotopic (exact) mass is 494 g/mol. The largest absolute Gasteiger partial charge is 0.379 e. The van der Waals surface area contributed by atoms with Gasteiger partial charge in [0.1, 0.15) is 10.8 Å². The number of aromatic nitrogens is 2. The first-order chi connectivity index (χ1) is 17.1. The summed E-state index contributed by atoms with van der Waals surface area (Å²) in [5, 5.41) is 5.88. The van der Waals surface area contributed by atoms with E-state index in [0.29, 0.717) is 32.0 Å². The van der Waals surface area contributed by atoms with Crippen LogP contribution in [0.15, 0.2) is 35.5 Å². The van der Waals surface area contributed by atoms with Crippen molar-refractivity contribution in [1.29, 1.82) is 0 Å². The molecule has 0 unspecified atom stereocenters. The van der Waals surface area contributed by atoms with Crippen molar-refractivity contribution in [3.8, 4) is 0 Å². The van der Waals surface area contributed by atoms with Crippen molar-refractivity contribution >= 4 is 41.2 Å². The minimum atomic E-state index is -0.120. The van der Waals surface area contributed by atoms with E-state index in [1.165, 1.54) is 5.57 Å². The first kappa shape index (κ1) is 23.7. The van der Waals surface area contributed by atoms with Crippen molar-refractivity contribution in [1.82, 2.24) is 24.7 Å². The van der Waals surface area contributed by atoms with Crippen molar-refractivity contribution < 1.29 is 14.3 Å². The molecule has 5 heterocycles. The first-order valence-electron chi connectivity index (χ1n) is 12.0. The van der Waals surface area contributed by atoms with Crippen LogP contribution in [0, 0.1) is 0 Å². The summed E-state index contributed by atoms with van der Waals surface area (Å²) in [6.07, 6.45) is 10.8. The van der Waals surface area contributed by atoms with E-state index in [-0.39, 0.29) is 11.9 Å². The molecule has 3 aliphatic heterocycles. The van der Waals surface area contributed by atoms with Crippen LogP contribution in [0.3, 0.4) is 0 Å². The smallest absolute Gasteiger partial charge is 0.323 e. The van der Waals surface area contributed by atoms with Gasteiger partial charge in [-0.2, -0.15) is 0 Å². The van der Waals surface area contributed by atoms with Crippen LogP contribution in [0.2, 0.25) is 0 Å². The number of carbonyl (C=O) groups is 2. The lowest BCUT2D eigenvalue weighted by molar-refractivity contribution is -0.126. The summed E-state index contributed by atoms with van der Waals surface area (Å²) in [5.41, 5.74) is 3.14. The van der Waals surface area contributed by atoms with Crippen LogP contribution in [0.4, 0.5) is 10.6 Å². The van der Waals surface area contributed by atoms with Crippen LogP contribution < -0.4 is 5.32 Å². The number of thiazole rings is 1. The maximum atomic E-state index is 12.7. The number of likely N-dealkylation sites (tertiary alicyclic amines) is 1. The van der Waals surface area contributed by atoms with Crippen LogP contribution in [-0.4, -0.2) is 89.1 Å². The van der Waals surface area contributed by atoms with E-state index in [2.05, 4.69) is 26.3 Å². The molecule has 0 spiro atoms. The number of nitrogens with zero attached hydrogens (tertiary/aromatic N) is 5. The van der Waals surface area contributed by atoms with Crippen molar-refractivity contribution in [3.05, 3.63) is 51.6 Å². The number of hydrogen-bond donors (Lipinski definition) is 1. The van der Waals surface area contributed by atoms with Crippen molar-refractivity contribution in [2.45, 2.75) is 19.4 Å². The molecule has 2 aromatic rings. The molecule has 3 amide bonds. The maximum absolute atomic E-state index is 12.7. The fraction of sp³-hybridized carbons (Fsp3) is 0.440. The molecule has 9 nitrogen and oxygen atoms in total. The highest BCUT2D eigenvalue weighted by atomic mass is 32.1. The molecule has 0 atom stereocenters. The predicted molar refractivity (Wildman–Crippen MR) is 136 cm³/mol. The van der Waals surface area contributed by atoms with Gasteiger partial charge in [0.25, 0.3) is 0 Å². The second kappa shape index (κ2) is 11.1. The summed E-state index contributed by atoms with van der Waals surface area (Å²) in [6.45, 7) is 6.70. The molecule has 0 saturated carbocycles. The number of carbonyl (C=O) groups excluding carboxylic acids is 2. The topological polar surface area (TPSA) is 90.9 Å². The number of anilines is 1. The number of piperidine rings is 1. The number of ether oxygens (including phenoxy) is 1. The quantitative estimate of drug-likeness (QED) is 0.621. The number of rotatable bonds is 6. The van der Waals surface area contributed by atoms with E-state index < -0.39 is 0 Å². The van der Waals surface area contributed by atoms with Gasteiger partial charge in [-0.3, -0.25) is 15.0 Å². The first-order valence-corrected chi connectivity index (χ1v) is 12.9. The molecule has 1 N–H and O–H groups in total. The van der Waals surface area contributed by atoms with Gasteiger partial charge in [0.2, 0.25) is 5.91 Å². The Morgan fingerprint density at radius 1 is 1.14 bits per heavy atom. The highest BCUT2D eigenvalue weighted by Gasteiger charge is 2.24.